The van der Waals surface area contributed by atoms with Gasteiger partial charge in [-0.25, -0.2) is 0 Å². The Morgan fingerprint density at radius 1 is 1.17 bits per heavy atom. The minimum absolute atomic E-state index is 0.0132. The van der Waals surface area contributed by atoms with Gasteiger partial charge in [-0.1, -0.05) is 24.3 Å². The monoisotopic (exact) mass is 253 g/mol. The highest BCUT2D eigenvalue weighted by Crippen LogP contribution is 2.23. The van der Waals surface area contributed by atoms with E-state index < -0.39 is 0 Å². The molecule has 2 nitrogen and oxygen atoms in total. The number of carbonyl (C=O) groups excluding carboxylic acids is 1. The van der Waals surface area contributed by atoms with Gasteiger partial charge in [0.1, 0.15) is 5.69 Å². The predicted octanol–water partition coefficient (Wildman–Crippen LogP) is 3.84. The molecule has 0 unspecified atom stereocenters. The van der Waals surface area contributed by atoms with Crippen LogP contribution in [0.3, 0.4) is 0 Å². The maximum atomic E-state index is 12.5. The lowest BCUT2D eigenvalue weighted by Gasteiger charge is -2.04. The van der Waals surface area contributed by atoms with Gasteiger partial charge in [-0.2, -0.15) is 0 Å². The molecule has 3 heteroatoms. The van der Waals surface area contributed by atoms with Crippen LogP contribution in [0.4, 0.5) is 0 Å². The molecule has 88 valence electrons. The van der Waals surface area contributed by atoms with Crippen LogP contribution in [0.15, 0.2) is 48.0 Å². The molecule has 0 N–H and O–H groups in total. The number of hydrogen-bond acceptors (Lipinski definition) is 3. The molecule has 0 saturated carbocycles. The zero-order valence-corrected chi connectivity index (χ0v) is 10.7. The fourth-order valence-corrected chi connectivity index (χ4v) is 2.88. The van der Waals surface area contributed by atoms with E-state index in [4.69, 9.17) is 0 Å². The first-order chi connectivity index (χ1) is 8.77. The van der Waals surface area contributed by atoms with Crippen molar-refractivity contribution in [3.8, 4) is 0 Å². The van der Waals surface area contributed by atoms with E-state index in [0.717, 1.165) is 21.2 Å². The number of fused-ring (bicyclic) bond motifs is 1. The highest BCUT2D eigenvalue weighted by atomic mass is 32.1. The van der Waals surface area contributed by atoms with Crippen molar-refractivity contribution in [1.82, 2.24) is 4.98 Å². The zero-order chi connectivity index (χ0) is 12.5. The molecule has 3 aromatic rings. The molecule has 0 aliphatic rings. The first kappa shape index (κ1) is 11.1. The maximum absolute atomic E-state index is 12.5. The van der Waals surface area contributed by atoms with Crippen molar-refractivity contribution in [2.45, 2.75) is 6.92 Å². The lowest BCUT2D eigenvalue weighted by atomic mass is 10.1. The number of pyridine rings is 1. The fourth-order valence-electron chi connectivity index (χ4n) is 2.01. The molecule has 0 atom stereocenters. The Kier molecular flexibility index (Phi) is 2.68. The Morgan fingerprint density at radius 2 is 2.00 bits per heavy atom. The van der Waals surface area contributed by atoms with E-state index in [1.54, 1.807) is 6.20 Å². The first-order valence-corrected chi connectivity index (χ1v) is 6.58. The lowest BCUT2D eigenvalue weighted by Crippen LogP contribution is -2.04. The van der Waals surface area contributed by atoms with Crippen molar-refractivity contribution in [2.24, 2.45) is 0 Å². The van der Waals surface area contributed by atoms with E-state index in [-0.39, 0.29) is 5.78 Å². The molecule has 3 rings (SSSR count). The lowest BCUT2D eigenvalue weighted by molar-refractivity contribution is 0.103. The molecule has 0 radical (unpaired) electrons. The molecule has 0 aliphatic carbocycles. The molecule has 0 amide bonds. The van der Waals surface area contributed by atoms with Gasteiger partial charge in [0, 0.05) is 11.6 Å². The molecule has 2 aromatic heterocycles. The van der Waals surface area contributed by atoms with Crippen molar-refractivity contribution in [3.05, 3.63) is 64.1 Å². The van der Waals surface area contributed by atoms with Crippen molar-refractivity contribution in [2.75, 3.05) is 0 Å². The number of rotatable bonds is 2. The summed E-state index contributed by atoms with van der Waals surface area (Å²) in [6, 6.07) is 11.7. The second kappa shape index (κ2) is 4.35. The highest BCUT2D eigenvalue weighted by Gasteiger charge is 2.16. The van der Waals surface area contributed by atoms with Crippen LogP contribution < -0.4 is 0 Å². The van der Waals surface area contributed by atoms with Gasteiger partial charge in [0.2, 0.25) is 5.78 Å². The van der Waals surface area contributed by atoms with Crippen LogP contribution in [0.2, 0.25) is 0 Å². The minimum atomic E-state index is 0.0132. The van der Waals surface area contributed by atoms with E-state index in [2.05, 4.69) is 4.98 Å². The van der Waals surface area contributed by atoms with Crippen LogP contribution in [0.1, 0.15) is 20.9 Å². The van der Waals surface area contributed by atoms with Gasteiger partial charge in [0.25, 0.3) is 0 Å². The summed E-state index contributed by atoms with van der Waals surface area (Å²) < 4.78 is 0. The van der Waals surface area contributed by atoms with E-state index in [1.165, 1.54) is 11.3 Å². The number of thiophene rings is 1. The van der Waals surface area contributed by atoms with Crippen molar-refractivity contribution in [3.63, 3.8) is 0 Å². The molecule has 0 bridgehead atoms. The quantitative estimate of drug-likeness (QED) is 0.649. The second-order valence-electron chi connectivity index (χ2n) is 4.14. The molecule has 0 fully saturated rings. The summed E-state index contributed by atoms with van der Waals surface area (Å²) in [4.78, 5) is 17.5. The SMILES string of the molecule is Cc1ccsc1C(=O)c1nccc2ccccc12. The smallest absolute Gasteiger partial charge is 0.222 e. The molecule has 18 heavy (non-hydrogen) atoms. The highest BCUT2D eigenvalue weighted by molar-refractivity contribution is 7.12. The summed E-state index contributed by atoms with van der Waals surface area (Å²) in [6.45, 7) is 1.95. The largest absolute Gasteiger partial charge is 0.286 e. The number of aromatic nitrogens is 1. The third-order valence-corrected chi connectivity index (χ3v) is 3.97. The molecular formula is C15H11NOS. The Labute approximate surface area is 109 Å². The average molecular weight is 253 g/mol. The molecule has 0 aliphatic heterocycles. The summed E-state index contributed by atoms with van der Waals surface area (Å²) in [5.74, 6) is 0.0132. The van der Waals surface area contributed by atoms with E-state index in [0.29, 0.717) is 5.69 Å². The Morgan fingerprint density at radius 3 is 2.78 bits per heavy atom. The number of benzene rings is 1. The number of hydrogen-bond donors (Lipinski definition) is 0. The van der Waals surface area contributed by atoms with E-state index in [9.17, 15) is 4.79 Å². The standard InChI is InChI=1S/C15H11NOS/c1-10-7-9-18-15(10)14(17)13-12-5-3-2-4-11(12)6-8-16-13/h2-9H,1H3. The number of ketones is 1. The molecule has 0 saturated heterocycles. The Balaban J connectivity index is 2.21. The van der Waals surface area contributed by atoms with Crippen LogP contribution >= 0.6 is 11.3 Å². The minimum Gasteiger partial charge on any atom is -0.286 e. The van der Waals surface area contributed by atoms with Crippen LogP contribution in [-0.2, 0) is 0 Å². The Bertz CT molecular complexity index is 725. The van der Waals surface area contributed by atoms with Gasteiger partial charge in [0.15, 0.2) is 0 Å². The van der Waals surface area contributed by atoms with Crippen LogP contribution in [0.25, 0.3) is 10.8 Å². The molecule has 0 spiro atoms. The topological polar surface area (TPSA) is 30.0 Å². The fraction of sp³-hybridized carbons (Fsp3) is 0.0667. The van der Waals surface area contributed by atoms with Crippen molar-refractivity contribution >= 4 is 27.9 Å². The van der Waals surface area contributed by atoms with Crippen molar-refractivity contribution in [1.29, 1.82) is 0 Å². The summed E-state index contributed by atoms with van der Waals surface area (Å²) in [6.07, 6.45) is 1.69. The van der Waals surface area contributed by atoms with Gasteiger partial charge in [-0.05, 0) is 35.4 Å². The summed E-state index contributed by atoms with van der Waals surface area (Å²) in [7, 11) is 0. The van der Waals surface area contributed by atoms with Crippen LogP contribution in [0, 0.1) is 6.92 Å². The predicted molar refractivity (Wildman–Crippen MR) is 74.2 cm³/mol. The normalized spacial score (nSPS) is 10.7. The van der Waals surface area contributed by atoms with Crippen LogP contribution in [0.5, 0.6) is 0 Å². The third kappa shape index (κ3) is 1.73. The number of aryl methyl sites for hydroxylation is 1. The van der Waals surface area contributed by atoms with Gasteiger partial charge in [-0.15, -0.1) is 11.3 Å². The summed E-state index contributed by atoms with van der Waals surface area (Å²) in [5.41, 5.74) is 1.55. The average Bonchev–Trinajstić information content (AvgIpc) is 2.83. The maximum Gasteiger partial charge on any atom is 0.222 e. The summed E-state index contributed by atoms with van der Waals surface area (Å²) >= 11 is 1.47. The molecular weight excluding hydrogens is 242 g/mol. The first-order valence-electron chi connectivity index (χ1n) is 5.70. The number of carbonyl (C=O) groups is 1. The van der Waals surface area contributed by atoms with E-state index in [1.807, 2.05) is 48.7 Å². The Hall–Kier alpha value is -2.00. The molecule has 2 heterocycles. The van der Waals surface area contributed by atoms with Crippen molar-refractivity contribution < 1.29 is 4.79 Å². The van der Waals surface area contributed by atoms with E-state index >= 15 is 0 Å². The third-order valence-electron chi connectivity index (χ3n) is 2.96. The van der Waals surface area contributed by atoms with Gasteiger partial charge < -0.3 is 0 Å². The number of nitrogens with zero attached hydrogens (tertiary/aromatic N) is 1. The van der Waals surface area contributed by atoms with Crippen LogP contribution in [-0.4, -0.2) is 10.8 Å². The zero-order valence-electron chi connectivity index (χ0n) is 9.88. The summed E-state index contributed by atoms with van der Waals surface area (Å²) in [5, 5.41) is 3.90. The van der Waals surface area contributed by atoms with Gasteiger partial charge in [-0.3, -0.25) is 9.78 Å². The van der Waals surface area contributed by atoms with Gasteiger partial charge >= 0.3 is 0 Å². The molecule has 1 aromatic carbocycles. The second-order valence-corrected chi connectivity index (χ2v) is 5.06. The van der Waals surface area contributed by atoms with Gasteiger partial charge in [0.05, 0.1) is 4.88 Å².